The Morgan fingerprint density at radius 1 is 1.10 bits per heavy atom. The summed E-state index contributed by atoms with van der Waals surface area (Å²) in [6.45, 7) is 3.23. The molecule has 0 spiro atoms. The monoisotopic (exact) mass is 438 g/mol. The van der Waals surface area contributed by atoms with Crippen LogP contribution in [0.4, 0.5) is 5.82 Å². The third kappa shape index (κ3) is 3.93. The van der Waals surface area contributed by atoms with E-state index in [0.717, 1.165) is 55.6 Å². The molecule has 0 atom stereocenters. The Morgan fingerprint density at radius 2 is 1.90 bits per heavy atom. The summed E-state index contributed by atoms with van der Waals surface area (Å²) in [7, 11) is 0. The van der Waals surface area contributed by atoms with Crippen LogP contribution in [-0.4, -0.2) is 45.3 Å². The summed E-state index contributed by atoms with van der Waals surface area (Å²) >= 11 is 1.70. The van der Waals surface area contributed by atoms with Crippen molar-refractivity contribution in [3.8, 4) is 0 Å². The molecule has 7 nitrogen and oxygen atoms in total. The Bertz CT molecular complexity index is 1020. The molecule has 1 N–H and O–H groups in total. The van der Waals surface area contributed by atoms with E-state index in [2.05, 4.69) is 36.7 Å². The lowest BCUT2D eigenvalue weighted by Crippen LogP contribution is -2.43. The summed E-state index contributed by atoms with van der Waals surface area (Å²) in [5.41, 5.74) is 0.500. The topological polar surface area (TPSA) is 75.9 Å². The molecule has 1 amide bonds. The first kappa shape index (κ1) is 20.4. The first-order chi connectivity index (χ1) is 15.3. The number of nitrogens with zero attached hydrogens (tertiary/aromatic N) is 5. The normalized spacial score (nSPS) is 18.9. The number of hydrogen-bond acceptors (Lipinski definition) is 6. The van der Waals surface area contributed by atoms with E-state index >= 15 is 0 Å². The van der Waals surface area contributed by atoms with Crippen molar-refractivity contribution < 1.29 is 4.79 Å². The molecule has 2 fully saturated rings. The summed E-state index contributed by atoms with van der Waals surface area (Å²) in [5, 5.41) is 10.8. The SMILES string of the molecule is O=C(NCCn1ncc2c(N3CCCCCC3)ncnc21)C1(c2cccs2)CCCC1. The fourth-order valence-electron chi connectivity index (χ4n) is 5.14. The van der Waals surface area contributed by atoms with Gasteiger partial charge in [-0.15, -0.1) is 11.3 Å². The van der Waals surface area contributed by atoms with Gasteiger partial charge in [0.15, 0.2) is 5.65 Å². The maximum Gasteiger partial charge on any atom is 0.231 e. The van der Waals surface area contributed by atoms with Gasteiger partial charge < -0.3 is 10.2 Å². The summed E-state index contributed by atoms with van der Waals surface area (Å²) in [6.07, 6.45) is 12.6. The summed E-state index contributed by atoms with van der Waals surface area (Å²) in [5.74, 6) is 1.15. The van der Waals surface area contributed by atoms with Gasteiger partial charge in [0, 0.05) is 24.5 Å². The fraction of sp³-hybridized carbons (Fsp3) is 0.565. The minimum atomic E-state index is -0.345. The van der Waals surface area contributed by atoms with E-state index in [1.54, 1.807) is 17.7 Å². The van der Waals surface area contributed by atoms with Crippen LogP contribution in [0.15, 0.2) is 30.0 Å². The van der Waals surface area contributed by atoms with Crippen molar-refractivity contribution in [2.45, 2.75) is 63.3 Å². The molecule has 1 aliphatic heterocycles. The zero-order valence-electron chi connectivity index (χ0n) is 17.9. The minimum Gasteiger partial charge on any atom is -0.356 e. The van der Waals surface area contributed by atoms with Gasteiger partial charge >= 0.3 is 0 Å². The van der Waals surface area contributed by atoms with Gasteiger partial charge in [-0.05, 0) is 37.1 Å². The number of carbonyl (C=O) groups is 1. The summed E-state index contributed by atoms with van der Waals surface area (Å²) in [4.78, 5) is 25.8. The number of carbonyl (C=O) groups excluding carboxylic acids is 1. The van der Waals surface area contributed by atoms with E-state index in [4.69, 9.17) is 0 Å². The van der Waals surface area contributed by atoms with Crippen LogP contribution in [0.5, 0.6) is 0 Å². The quantitative estimate of drug-likeness (QED) is 0.632. The molecule has 1 saturated carbocycles. The molecule has 0 bridgehead atoms. The molecule has 31 heavy (non-hydrogen) atoms. The number of nitrogens with one attached hydrogen (secondary N) is 1. The van der Waals surface area contributed by atoms with Crippen molar-refractivity contribution in [3.05, 3.63) is 34.9 Å². The number of rotatable bonds is 6. The van der Waals surface area contributed by atoms with Gasteiger partial charge in [-0.1, -0.05) is 31.7 Å². The second kappa shape index (κ2) is 8.94. The number of aromatic nitrogens is 4. The van der Waals surface area contributed by atoms with Crippen LogP contribution in [0, 0.1) is 0 Å². The molecule has 0 unspecified atom stereocenters. The minimum absolute atomic E-state index is 0.156. The average molecular weight is 439 g/mol. The lowest BCUT2D eigenvalue weighted by molar-refractivity contribution is -0.126. The number of fused-ring (bicyclic) bond motifs is 1. The maximum absolute atomic E-state index is 13.2. The van der Waals surface area contributed by atoms with E-state index in [1.807, 2.05) is 16.9 Å². The van der Waals surface area contributed by atoms with Crippen molar-refractivity contribution in [1.82, 2.24) is 25.1 Å². The maximum atomic E-state index is 13.2. The van der Waals surface area contributed by atoms with Gasteiger partial charge in [-0.2, -0.15) is 5.10 Å². The molecule has 3 aromatic heterocycles. The predicted molar refractivity (Wildman–Crippen MR) is 123 cm³/mol. The Hall–Kier alpha value is -2.48. The number of thiophene rings is 1. The molecule has 1 saturated heterocycles. The highest BCUT2D eigenvalue weighted by atomic mass is 32.1. The molecule has 1 aliphatic carbocycles. The van der Waals surface area contributed by atoms with E-state index in [-0.39, 0.29) is 11.3 Å². The number of hydrogen-bond donors (Lipinski definition) is 1. The molecule has 164 valence electrons. The fourth-order valence-corrected chi connectivity index (χ4v) is 6.12. The highest BCUT2D eigenvalue weighted by Gasteiger charge is 2.43. The van der Waals surface area contributed by atoms with Crippen LogP contribution in [-0.2, 0) is 16.8 Å². The lowest BCUT2D eigenvalue weighted by Gasteiger charge is -2.26. The van der Waals surface area contributed by atoms with E-state index in [0.29, 0.717) is 13.1 Å². The number of amides is 1. The largest absolute Gasteiger partial charge is 0.356 e. The second-order valence-corrected chi connectivity index (χ2v) is 9.67. The first-order valence-electron chi connectivity index (χ1n) is 11.5. The molecule has 3 aromatic rings. The van der Waals surface area contributed by atoms with Crippen LogP contribution in [0.25, 0.3) is 11.0 Å². The molecular weight excluding hydrogens is 408 g/mol. The van der Waals surface area contributed by atoms with E-state index in [1.165, 1.54) is 30.6 Å². The Morgan fingerprint density at radius 3 is 2.65 bits per heavy atom. The molecule has 2 aliphatic rings. The standard InChI is InChI=1S/C23H30N6OS/c30-22(23(9-3-4-10-23)19-8-7-15-31-19)24-11-14-29-21-18(16-27-29)20(25-17-26-21)28-12-5-1-2-6-13-28/h7-8,15-17H,1-6,9-14H2,(H,24,30). The van der Waals surface area contributed by atoms with Gasteiger partial charge in [0.1, 0.15) is 12.1 Å². The molecular formula is C23H30N6OS. The van der Waals surface area contributed by atoms with Gasteiger partial charge in [-0.25, -0.2) is 14.6 Å². The van der Waals surface area contributed by atoms with Gasteiger partial charge in [0.25, 0.3) is 0 Å². The molecule has 5 rings (SSSR count). The van der Waals surface area contributed by atoms with Gasteiger partial charge in [0.05, 0.1) is 23.5 Å². The lowest BCUT2D eigenvalue weighted by atomic mass is 9.83. The van der Waals surface area contributed by atoms with Crippen molar-refractivity contribution in [1.29, 1.82) is 0 Å². The van der Waals surface area contributed by atoms with Gasteiger partial charge in [-0.3, -0.25) is 4.79 Å². The van der Waals surface area contributed by atoms with Crippen LogP contribution in [0.2, 0.25) is 0 Å². The zero-order valence-corrected chi connectivity index (χ0v) is 18.7. The highest BCUT2D eigenvalue weighted by molar-refractivity contribution is 7.10. The van der Waals surface area contributed by atoms with Crippen LogP contribution in [0.1, 0.15) is 56.2 Å². The average Bonchev–Trinajstić information content (AvgIpc) is 3.52. The molecule has 0 aromatic carbocycles. The number of anilines is 1. The first-order valence-corrected chi connectivity index (χ1v) is 12.4. The third-order valence-electron chi connectivity index (χ3n) is 6.81. The second-order valence-electron chi connectivity index (χ2n) is 8.73. The Balaban J connectivity index is 1.28. The Labute approximate surface area is 186 Å². The van der Waals surface area contributed by atoms with E-state index in [9.17, 15) is 4.79 Å². The van der Waals surface area contributed by atoms with Crippen molar-refractivity contribution >= 4 is 34.1 Å². The molecule has 0 radical (unpaired) electrons. The van der Waals surface area contributed by atoms with Crippen LogP contribution in [0.3, 0.4) is 0 Å². The third-order valence-corrected chi connectivity index (χ3v) is 7.89. The van der Waals surface area contributed by atoms with Gasteiger partial charge in [0.2, 0.25) is 5.91 Å². The molecule has 4 heterocycles. The summed E-state index contributed by atoms with van der Waals surface area (Å²) < 4.78 is 1.89. The highest BCUT2D eigenvalue weighted by Crippen LogP contribution is 2.43. The van der Waals surface area contributed by atoms with Crippen LogP contribution >= 0.6 is 11.3 Å². The predicted octanol–water partition coefficient (Wildman–Crippen LogP) is 3.90. The van der Waals surface area contributed by atoms with Crippen molar-refractivity contribution in [3.63, 3.8) is 0 Å². The Kier molecular flexibility index (Phi) is 5.89. The van der Waals surface area contributed by atoms with Crippen molar-refractivity contribution in [2.75, 3.05) is 24.5 Å². The smallest absolute Gasteiger partial charge is 0.231 e. The van der Waals surface area contributed by atoms with Crippen molar-refractivity contribution in [2.24, 2.45) is 0 Å². The molecule has 8 heteroatoms. The van der Waals surface area contributed by atoms with E-state index < -0.39 is 0 Å². The zero-order chi connectivity index (χ0) is 21.1. The van der Waals surface area contributed by atoms with Crippen LogP contribution < -0.4 is 10.2 Å². The summed E-state index contributed by atoms with van der Waals surface area (Å²) in [6, 6.07) is 4.16.